The van der Waals surface area contributed by atoms with E-state index in [1.165, 1.54) is 11.8 Å². The number of ether oxygens (including phenoxy) is 3. The topological polar surface area (TPSA) is 82.1 Å². The van der Waals surface area contributed by atoms with E-state index in [1.807, 2.05) is 31.2 Å². The van der Waals surface area contributed by atoms with Crippen molar-refractivity contribution in [3.63, 3.8) is 0 Å². The van der Waals surface area contributed by atoms with Crippen LogP contribution < -0.4 is 0 Å². The van der Waals surface area contributed by atoms with Crippen molar-refractivity contribution in [1.82, 2.24) is 0 Å². The van der Waals surface area contributed by atoms with Crippen molar-refractivity contribution in [2.24, 2.45) is 0 Å². The van der Waals surface area contributed by atoms with E-state index in [9.17, 15) is 14.7 Å². The summed E-state index contributed by atoms with van der Waals surface area (Å²) < 4.78 is 17.1. The van der Waals surface area contributed by atoms with Crippen LogP contribution >= 0.6 is 11.8 Å². The van der Waals surface area contributed by atoms with Gasteiger partial charge in [-0.05, 0) is 43.3 Å². The largest absolute Gasteiger partial charge is 0.452 e. The summed E-state index contributed by atoms with van der Waals surface area (Å²) in [5.74, 6) is -1.19. The molecule has 1 aliphatic rings. The maximum atomic E-state index is 12.7. The Bertz CT molecular complexity index is 1070. The van der Waals surface area contributed by atoms with E-state index in [2.05, 4.69) is 0 Å². The van der Waals surface area contributed by atoms with Gasteiger partial charge in [0, 0.05) is 4.90 Å². The number of thioether (sulfide) groups is 1. The third-order valence-corrected chi connectivity index (χ3v) is 6.39. The molecule has 0 bridgehead atoms. The lowest BCUT2D eigenvalue weighted by Gasteiger charge is -2.38. The zero-order valence-corrected chi connectivity index (χ0v) is 18.8. The van der Waals surface area contributed by atoms with E-state index in [1.54, 1.807) is 60.7 Å². The minimum atomic E-state index is -1.22. The lowest BCUT2D eigenvalue weighted by molar-refractivity contribution is -0.165. The first-order valence-corrected chi connectivity index (χ1v) is 11.4. The van der Waals surface area contributed by atoms with Crippen LogP contribution in [0, 0.1) is 6.92 Å². The zero-order valence-electron chi connectivity index (χ0n) is 18.0. The Hall–Kier alpha value is -3.13. The van der Waals surface area contributed by atoms with E-state index < -0.39 is 35.7 Å². The molecule has 0 radical (unpaired) electrons. The van der Waals surface area contributed by atoms with Gasteiger partial charge >= 0.3 is 11.9 Å². The first-order chi connectivity index (χ1) is 16.0. The molecule has 6 nitrogen and oxygen atoms in total. The fraction of sp³-hybridized carbons (Fsp3) is 0.231. The smallest absolute Gasteiger partial charge is 0.338 e. The lowest BCUT2D eigenvalue weighted by atomic mass is 10.1. The Kier molecular flexibility index (Phi) is 7.44. The Morgan fingerprint density at radius 3 is 1.97 bits per heavy atom. The van der Waals surface area contributed by atoms with Crippen LogP contribution in [-0.2, 0) is 14.2 Å². The average molecular weight is 465 g/mol. The standard InChI is InChI=1S/C26H24O6S/c1-17-12-14-20(15-13-17)33-26-22(27)23(32-25(29)19-10-6-3-7-11-19)21(16-30-26)31-24(28)18-8-4-2-5-9-18/h2-15,21-23,26-27H,16H2,1H3/t21-,22-,23+,26+/m1/s1. The molecular formula is C26H24O6S. The van der Waals surface area contributed by atoms with Gasteiger partial charge in [0.2, 0.25) is 0 Å². The number of carbonyl (C=O) groups excluding carboxylic acids is 2. The molecule has 3 aromatic rings. The first-order valence-electron chi connectivity index (χ1n) is 10.6. The minimum absolute atomic E-state index is 0.0219. The van der Waals surface area contributed by atoms with Gasteiger partial charge in [-0.1, -0.05) is 65.9 Å². The fourth-order valence-corrected chi connectivity index (χ4v) is 4.41. The third-order valence-electron chi connectivity index (χ3n) is 5.20. The monoisotopic (exact) mass is 464 g/mol. The van der Waals surface area contributed by atoms with Crippen LogP contribution in [-0.4, -0.2) is 47.4 Å². The molecule has 0 aliphatic carbocycles. The molecule has 0 aromatic heterocycles. The number of benzene rings is 3. The van der Waals surface area contributed by atoms with Crippen LogP contribution in [0.4, 0.5) is 0 Å². The lowest BCUT2D eigenvalue weighted by Crippen LogP contribution is -2.55. The van der Waals surface area contributed by atoms with Gasteiger partial charge in [0.15, 0.2) is 12.2 Å². The molecule has 4 rings (SSSR count). The fourth-order valence-electron chi connectivity index (χ4n) is 3.40. The Morgan fingerprint density at radius 2 is 1.39 bits per heavy atom. The molecule has 4 atom stereocenters. The second kappa shape index (κ2) is 10.7. The SMILES string of the molecule is Cc1ccc(S[C@@H]2OC[C@@H](OC(=O)c3ccccc3)[C@H](OC(=O)c3ccccc3)[C@H]2O)cc1. The molecule has 0 amide bonds. The Morgan fingerprint density at radius 1 is 0.848 bits per heavy atom. The molecule has 170 valence electrons. The summed E-state index contributed by atoms with van der Waals surface area (Å²) in [7, 11) is 0. The summed E-state index contributed by atoms with van der Waals surface area (Å²) in [6.07, 6.45) is -3.27. The summed E-state index contributed by atoms with van der Waals surface area (Å²) in [4.78, 5) is 26.3. The van der Waals surface area contributed by atoms with Crippen molar-refractivity contribution in [3.05, 3.63) is 102 Å². The molecule has 7 heteroatoms. The van der Waals surface area contributed by atoms with Gasteiger partial charge in [0.05, 0.1) is 17.7 Å². The third kappa shape index (κ3) is 5.82. The molecule has 3 aromatic carbocycles. The van der Waals surface area contributed by atoms with Crippen molar-refractivity contribution in [3.8, 4) is 0 Å². The maximum Gasteiger partial charge on any atom is 0.338 e. The molecule has 0 spiro atoms. The summed E-state index contributed by atoms with van der Waals surface area (Å²) in [6, 6.07) is 24.8. The second-order valence-corrected chi connectivity index (χ2v) is 8.84. The summed E-state index contributed by atoms with van der Waals surface area (Å²) >= 11 is 1.32. The Labute approximate surface area is 196 Å². The van der Waals surface area contributed by atoms with Gasteiger partial charge in [-0.25, -0.2) is 9.59 Å². The first kappa shape index (κ1) is 23.0. The number of hydrogen-bond donors (Lipinski definition) is 1. The van der Waals surface area contributed by atoms with E-state index in [0.717, 1.165) is 10.5 Å². The number of aliphatic hydroxyl groups is 1. The summed E-state index contributed by atoms with van der Waals surface area (Å²) in [5.41, 5.74) is 1.11. The predicted molar refractivity (Wildman–Crippen MR) is 124 cm³/mol. The van der Waals surface area contributed by atoms with Gasteiger partial charge in [0.1, 0.15) is 11.5 Å². The predicted octanol–water partition coefficient (Wildman–Crippen LogP) is 4.26. The number of hydrogen-bond acceptors (Lipinski definition) is 7. The van der Waals surface area contributed by atoms with Gasteiger partial charge in [-0.3, -0.25) is 0 Å². The van der Waals surface area contributed by atoms with Gasteiger partial charge in [-0.15, -0.1) is 0 Å². The van der Waals surface area contributed by atoms with Crippen molar-refractivity contribution < 1.29 is 28.9 Å². The van der Waals surface area contributed by atoms with Crippen LogP contribution in [0.1, 0.15) is 26.3 Å². The highest BCUT2D eigenvalue weighted by Crippen LogP contribution is 2.33. The van der Waals surface area contributed by atoms with Crippen LogP contribution in [0.25, 0.3) is 0 Å². The molecule has 0 unspecified atom stereocenters. The van der Waals surface area contributed by atoms with Crippen LogP contribution in [0.2, 0.25) is 0 Å². The minimum Gasteiger partial charge on any atom is -0.452 e. The number of aliphatic hydroxyl groups excluding tert-OH is 1. The number of aryl methyl sites for hydroxylation is 1. The molecule has 1 saturated heterocycles. The molecule has 1 N–H and O–H groups in total. The number of carbonyl (C=O) groups is 2. The van der Waals surface area contributed by atoms with E-state index in [4.69, 9.17) is 14.2 Å². The van der Waals surface area contributed by atoms with E-state index in [0.29, 0.717) is 11.1 Å². The zero-order chi connectivity index (χ0) is 23.2. The average Bonchev–Trinajstić information content (AvgIpc) is 2.85. The van der Waals surface area contributed by atoms with Crippen molar-refractivity contribution in [2.75, 3.05) is 6.61 Å². The van der Waals surface area contributed by atoms with E-state index in [-0.39, 0.29) is 6.61 Å². The highest BCUT2D eigenvalue weighted by atomic mass is 32.2. The quantitative estimate of drug-likeness (QED) is 0.546. The van der Waals surface area contributed by atoms with Crippen LogP contribution in [0.15, 0.2) is 89.8 Å². The number of rotatable bonds is 6. The molecule has 1 fully saturated rings. The summed E-state index contributed by atoms with van der Waals surface area (Å²) in [6.45, 7) is 1.97. The maximum absolute atomic E-state index is 12.7. The number of esters is 2. The molecular weight excluding hydrogens is 440 g/mol. The highest BCUT2D eigenvalue weighted by molar-refractivity contribution is 7.99. The molecule has 0 saturated carbocycles. The Balaban J connectivity index is 1.53. The van der Waals surface area contributed by atoms with Crippen molar-refractivity contribution in [1.29, 1.82) is 0 Å². The molecule has 33 heavy (non-hydrogen) atoms. The van der Waals surface area contributed by atoms with Gasteiger partial charge < -0.3 is 19.3 Å². The van der Waals surface area contributed by atoms with Crippen LogP contribution in [0.3, 0.4) is 0 Å². The second-order valence-electron chi connectivity index (χ2n) is 7.67. The van der Waals surface area contributed by atoms with Gasteiger partial charge in [-0.2, -0.15) is 0 Å². The van der Waals surface area contributed by atoms with E-state index >= 15 is 0 Å². The highest BCUT2D eigenvalue weighted by Gasteiger charge is 2.45. The van der Waals surface area contributed by atoms with Crippen molar-refractivity contribution >= 4 is 23.7 Å². The van der Waals surface area contributed by atoms with Crippen LogP contribution in [0.5, 0.6) is 0 Å². The van der Waals surface area contributed by atoms with Crippen molar-refractivity contribution in [2.45, 2.75) is 35.6 Å². The molecule has 1 heterocycles. The normalized spacial score (nSPS) is 22.4. The molecule has 1 aliphatic heterocycles. The summed E-state index contributed by atoms with van der Waals surface area (Å²) in [5, 5.41) is 11.1. The van der Waals surface area contributed by atoms with Gasteiger partial charge in [0.25, 0.3) is 0 Å².